The second-order valence-corrected chi connectivity index (χ2v) is 8.84. The lowest BCUT2D eigenvalue weighted by Gasteiger charge is -2.40. The van der Waals surface area contributed by atoms with Crippen molar-refractivity contribution in [3.63, 3.8) is 0 Å². The summed E-state index contributed by atoms with van der Waals surface area (Å²) in [5, 5.41) is 13.2. The molecule has 2 aromatic carbocycles. The predicted molar refractivity (Wildman–Crippen MR) is 128 cm³/mol. The molecular weight excluding hydrogens is 433 g/mol. The molecule has 1 saturated carbocycles. The number of pyridine rings is 1. The zero-order chi connectivity index (χ0) is 24.0. The fourth-order valence-corrected chi connectivity index (χ4v) is 4.28. The number of nitrogens with zero attached hydrogens (tertiary/aromatic N) is 2. The van der Waals surface area contributed by atoms with Gasteiger partial charge in [-0.15, -0.1) is 0 Å². The van der Waals surface area contributed by atoms with Crippen LogP contribution in [-0.4, -0.2) is 34.2 Å². The van der Waals surface area contributed by atoms with Crippen molar-refractivity contribution in [3.8, 4) is 5.75 Å². The Bertz CT molecular complexity index is 1080. The van der Waals surface area contributed by atoms with E-state index < -0.39 is 11.6 Å². The fourth-order valence-electron chi connectivity index (χ4n) is 4.28. The van der Waals surface area contributed by atoms with Gasteiger partial charge in [-0.1, -0.05) is 48.5 Å². The van der Waals surface area contributed by atoms with Crippen LogP contribution in [0.25, 0.3) is 0 Å². The first-order valence-electron chi connectivity index (χ1n) is 11.5. The van der Waals surface area contributed by atoms with Gasteiger partial charge in [0, 0.05) is 19.2 Å². The maximum Gasteiger partial charge on any atom is 0.318 e. The number of nitrogens with one attached hydrogen (secondary N) is 1. The van der Waals surface area contributed by atoms with Crippen molar-refractivity contribution in [2.45, 2.75) is 50.5 Å². The van der Waals surface area contributed by atoms with Gasteiger partial charge in [-0.05, 0) is 49.4 Å². The average Bonchev–Trinajstić information content (AvgIpc) is 2.86. The van der Waals surface area contributed by atoms with Gasteiger partial charge in [0.15, 0.2) is 0 Å². The highest BCUT2D eigenvalue weighted by Crippen LogP contribution is 2.37. The molecule has 1 aliphatic rings. The molecule has 3 aromatic rings. The van der Waals surface area contributed by atoms with E-state index in [1.54, 1.807) is 31.4 Å². The number of amides is 2. The largest absolute Gasteiger partial charge is 0.487 e. The second-order valence-electron chi connectivity index (χ2n) is 8.84. The van der Waals surface area contributed by atoms with E-state index in [1.807, 2.05) is 42.5 Å². The van der Waals surface area contributed by atoms with Crippen LogP contribution < -0.4 is 10.1 Å². The molecule has 1 aromatic heterocycles. The highest BCUT2D eigenvalue weighted by atomic mass is 19.1. The minimum Gasteiger partial charge on any atom is -0.487 e. The number of halogens is 1. The number of benzene rings is 2. The van der Waals surface area contributed by atoms with Gasteiger partial charge in [0.05, 0.1) is 23.5 Å². The van der Waals surface area contributed by atoms with Crippen LogP contribution in [0.1, 0.15) is 42.5 Å². The summed E-state index contributed by atoms with van der Waals surface area (Å²) in [4.78, 5) is 19.2. The molecule has 4 rings (SSSR count). The number of urea groups is 1. The Balaban J connectivity index is 1.47. The Morgan fingerprint density at radius 1 is 1.12 bits per heavy atom. The van der Waals surface area contributed by atoms with E-state index >= 15 is 0 Å². The summed E-state index contributed by atoms with van der Waals surface area (Å²) in [5.41, 5.74) is 1.53. The van der Waals surface area contributed by atoms with Crippen LogP contribution in [0.5, 0.6) is 5.75 Å². The number of hydrogen-bond acceptors (Lipinski definition) is 4. The van der Waals surface area contributed by atoms with E-state index in [4.69, 9.17) is 4.74 Å². The number of ether oxygens (including phenoxy) is 1. The number of rotatable bonds is 7. The third-order valence-electron chi connectivity index (χ3n) is 6.34. The van der Waals surface area contributed by atoms with Crippen LogP contribution in [0, 0.1) is 5.82 Å². The van der Waals surface area contributed by atoms with Gasteiger partial charge in [-0.25, -0.2) is 9.18 Å². The zero-order valence-electron chi connectivity index (χ0n) is 19.3. The zero-order valence-corrected chi connectivity index (χ0v) is 19.3. The summed E-state index contributed by atoms with van der Waals surface area (Å²) < 4.78 is 19.9. The van der Waals surface area contributed by atoms with E-state index in [0.717, 1.165) is 11.3 Å². The molecule has 0 aliphatic heterocycles. The van der Waals surface area contributed by atoms with Crippen molar-refractivity contribution >= 4 is 6.03 Å². The van der Waals surface area contributed by atoms with Crippen molar-refractivity contribution in [2.24, 2.45) is 0 Å². The third-order valence-corrected chi connectivity index (χ3v) is 6.34. The maximum absolute atomic E-state index is 14.1. The number of carbonyl (C=O) groups excluding carboxylic acids is 1. The number of aliphatic hydroxyl groups is 1. The molecule has 0 unspecified atom stereocenters. The SMILES string of the molecule is CN(Cc1ccccc1F)C(=O)NC1(c2ccc(OCc3ccccc3)cn2)CCC(O)CC1. The molecule has 0 spiro atoms. The second kappa shape index (κ2) is 10.7. The quantitative estimate of drug-likeness (QED) is 0.529. The molecule has 0 radical (unpaired) electrons. The van der Waals surface area contributed by atoms with Crippen LogP contribution >= 0.6 is 0 Å². The first kappa shape index (κ1) is 23.7. The average molecular weight is 464 g/mol. The maximum atomic E-state index is 14.1. The molecular formula is C27H30FN3O3. The van der Waals surface area contributed by atoms with Gasteiger partial charge in [0.1, 0.15) is 18.2 Å². The summed E-state index contributed by atoms with van der Waals surface area (Å²) in [6.07, 6.45) is 3.51. The van der Waals surface area contributed by atoms with Gasteiger partial charge < -0.3 is 20.1 Å². The Morgan fingerprint density at radius 3 is 2.50 bits per heavy atom. The Labute approximate surface area is 199 Å². The normalized spacial score (nSPS) is 19.9. The van der Waals surface area contributed by atoms with Gasteiger partial charge in [0.2, 0.25) is 0 Å². The monoisotopic (exact) mass is 463 g/mol. The molecule has 2 N–H and O–H groups in total. The molecule has 1 fully saturated rings. The molecule has 1 heterocycles. The lowest BCUT2D eigenvalue weighted by molar-refractivity contribution is 0.0808. The minimum atomic E-state index is -0.711. The molecule has 1 aliphatic carbocycles. The summed E-state index contributed by atoms with van der Waals surface area (Å²) in [6, 6.07) is 19.7. The van der Waals surface area contributed by atoms with Crippen LogP contribution in [0.15, 0.2) is 72.9 Å². The number of hydrogen-bond donors (Lipinski definition) is 2. The molecule has 0 saturated heterocycles. The van der Waals surface area contributed by atoms with Gasteiger partial charge >= 0.3 is 6.03 Å². The molecule has 0 atom stereocenters. The first-order chi connectivity index (χ1) is 16.4. The molecule has 2 amide bonds. The van der Waals surface area contributed by atoms with E-state index in [1.165, 1.54) is 11.0 Å². The summed E-state index contributed by atoms with van der Waals surface area (Å²) in [5.74, 6) is 0.298. The van der Waals surface area contributed by atoms with Crippen molar-refractivity contribution in [1.82, 2.24) is 15.2 Å². The Kier molecular flexibility index (Phi) is 7.43. The van der Waals surface area contributed by atoms with Crippen molar-refractivity contribution in [1.29, 1.82) is 0 Å². The molecule has 6 nitrogen and oxygen atoms in total. The van der Waals surface area contributed by atoms with E-state index in [2.05, 4.69) is 10.3 Å². The number of carbonyl (C=O) groups is 1. The van der Waals surface area contributed by atoms with Crippen LogP contribution in [0.3, 0.4) is 0 Å². The standard InChI is InChI=1S/C27H30FN3O3/c1-31(18-21-9-5-6-10-24(21)28)26(33)30-27(15-13-22(32)14-16-27)25-12-11-23(17-29-25)34-19-20-7-3-2-4-8-20/h2-12,17,22,32H,13-16,18-19H2,1H3,(H,30,33). The van der Waals surface area contributed by atoms with Crippen LogP contribution in [-0.2, 0) is 18.7 Å². The van der Waals surface area contributed by atoms with Gasteiger partial charge in [-0.3, -0.25) is 4.98 Å². The topological polar surface area (TPSA) is 74.7 Å². The van der Waals surface area contributed by atoms with E-state index in [0.29, 0.717) is 43.6 Å². The highest BCUT2D eigenvalue weighted by molar-refractivity contribution is 5.75. The van der Waals surface area contributed by atoms with Crippen molar-refractivity contribution < 1.29 is 19.0 Å². The van der Waals surface area contributed by atoms with Crippen molar-refractivity contribution in [2.75, 3.05) is 7.05 Å². The van der Waals surface area contributed by atoms with E-state index in [-0.39, 0.29) is 18.4 Å². The molecule has 34 heavy (non-hydrogen) atoms. The molecule has 7 heteroatoms. The Morgan fingerprint density at radius 2 is 1.82 bits per heavy atom. The molecule has 0 bridgehead atoms. The van der Waals surface area contributed by atoms with E-state index in [9.17, 15) is 14.3 Å². The smallest absolute Gasteiger partial charge is 0.318 e. The van der Waals surface area contributed by atoms with Crippen LogP contribution in [0.4, 0.5) is 9.18 Å². The van der Waals surface area contributed by atoms with Crippen molar-refractivity contribution in [3.05, 3.63) is 95.6 Å². The van der Waals surface area contributed by atoms with Gasteiger partial charge in [-0.2, -0.15) is 0 Å². The third kappa shape index (κ3) is 5.72. The fraction of sp³-hybridized carbons (Fsp3) is 0.333. The minimum absolute atomic E-state index is 0.150. The molecule has 178 valence electrons. The number of aromatic nitrogens is 1. The number of aliphatic hydroxyl groups excluding tert-OH is 1. The van der Waals surface area contributed by atoms with Crippen LogP contribution in [0.2, 0.25) is 0 Å². The lowest BCUT2D eigenvalue weighted by atomic mass is 9.78. The highest BCUT2D eigenvalue weighted by Gasteiger charge is 2.39. The first-order valence-corrected chi connectivity index (χ1v) is 11.5. The summed E-state index contributed by atoms with van der Waals surface area (Å²) in [7, 11) is 1.64. The van der Waals surface area contributed by atoms with Gasteiger partial charge in [0.25, 0.3) is 0 Å². The summed E-state index contributed by atoms with van der Waals surface area (Å²) in [6.45, 7) is 0.591. The Hall–Kier alpha value is -3.45. The lowest BCUT2D eigenvalue weighted by Crippen LogP contribution is -2.52. The predicted octanol–water partition coefficient (Wildman–Crippen LogP) is 4.77. The summed E-state index contributed by atoms with van der Waals surface area (Å²) >= 11 is 0.